The van der Waals surface area contributed by atoms with Gasteiger partial charge in [0.15, 0.2) is 0 Å². The molecule has 3 aromatic rings. The fraction of sp³-hybridized carbons (Fsp3) is 0.389. The standard InChI is InChI=1S/C36H38O8/c1-19-10-13-25(28(16-19)32(37)38)34(41)43-30-22-8-6-7-9-23(22)31(27-18-21(36(3,4)5)12-15-24(27)30)44-35(42)26-14-11-20(2)17-29(26)33(39)40/h6-12,15,18,25-26,28-29H,13-14,16-17H2,1-5H3,(H,37,38)(H,39,40). The molecule has 2 aliphatic rings. The molecule has 2 N–H and O–H groups in total. The zero-order valence-electron chi connectivity index (χ0n) is 25.7. The van der Waals surface area contributed by atoms with Crippen molar-refractivity contribution in [1.82, 2.24) is 0 Å². The Morgan fingerprint density at radius 1 is 0.659 bits per heavy atom. The molecule has 0 spiro atoms. The minimum absolute atomic E-state index is 0.260. The van der Waals surface area contributed by atoms with Crippen molar-refractivity contribution in [3.05, 3.63) is 71.3 Å². The maximum Gasteiger partial charge on any atom is 0.315 e. The number of carboxylic acids is 2. The number of rotatable bonds is 6. The summed E-state index contributed by atoms with van der Waals surface area (Å²) < 4.78 is 12.2. The lowest BCUT2D eigenvalue weighted by Crippen LogP contribution is -2.35. The van der Waals surface area contributed by atoms with E-state index in [-0.39, 0.29) is 42.6 Å². The molecule has 4 unspecified atom stereocenters. The maximum absolute atomic E-state index is 13.7. The fourth-order valence-corrected chi connectivity index (χ4v) is 6.31. The molecule has 5 rings (SSSR count). The number of allylic oxidation sites excluding steroid dienone is 4. The Morgan fingerprint density at radius 2 is 1.09 bits per heavy atom. The molecule has 0 saturated carbocycles. The molecule has 2 aliphatic carbocycles. The van der Waals surface area contributed by atoms with Gasteiger partial charge in [0.05, 0.1) is 23.7 Å². The predicted octanol–water partition coefficient (Wildman–Crippen LogP) is 7.22. The molecule has 0 radical (unpaired) electrons. The molecule has 3 aromatic carbocycles. The number of hydrogen-bond acceptors (Lipinski definition) is 6. The number of ether oxygens (including phenoxy) is 2. The molecule has 8 heteroatoms. The fourth-order valence-electron chi connectivity index (χ4n) is 6.31. The van der Waals surface area contributed by atoms with Crippen LogP contribution in [0.25, 0.3) is 21.5 Å². The number of benzene rings is 3. The van der Waals surface area contributed by atoms with Crippen LogP contribution in [0.15, 0.2) is 65.8 Å². The van der Waals surface area contributed by atoms with Gasteiger partial charge in [-0.15, -0.1) is 0 Å². The summed E-state index contributed by atoms with van der Waals surface area (Å²) in [4.78, 5) is 51.5. The SMILES string of the molecule is CC1=CCC(C(=O)Oc2c3ccccc3c(OC(=O)C3CC=C(C)CC3C(=O)O)c3cc(C(C)(C)C)ccc23)C(C(=O)O)C1. The summed E-state index contributed by atoms with van der Waals surface area (Å²) in [7, 11) is 0. The summed E-state index contributed by atoms with van der Waals surface area (Å²) in [5.74, 6) is -6.33. The average Bonchev–Trinajstić information content (AvgIpc) is 2.97. The van der Waals surface area contributed by atoms with E-state index < -0.39 is 47.5 Å². The van der Waals surface area contributed by atoms with E-state index in [9.17, 15) is 29.4 Å². The van der Waals surface area contributed by atoms with Gasteiger partial charge in [-0.25, -0.2) is 0 Å². The number of carboxylic acid groups (broad SMARTS) is 2. The first-order valence-corrected chi connectivity index (χ1v) is 15.0. The monoisotopic (exact) mass is 598 g/mol. The third-order valence-electron chi connectivity index (χ3n) is 8.93. The number of esters is 2. The van der Waals surface area contributed by atoms with Crippen LogP contribution >= 0.6 is 0 Å². The minimum atomic E-state index is -1.04. The summed E-state index contributed by atoms with van der Waals surface area (Å²) >= 11 is 0. The third kappa shape index (κ3) is 5.98. The van der Waals surface area contributed by atoms with E-state index in [2.05, 4.69) is 20.8 Å². The van der Waals surface area contributed by atoms with Crippen molar-refractivity contribution in [1.29, 1.82) is 0 Å². The van der Waals surface area contributed by atoms with Crippen molar-refractivity contribution in [2.75, 3.05) is 0 Å². The van der Waals surface area contributed by atoms with Crippen molar-refractivity contribution in [3.8, 4) is 11.5 Å². The predicted molar refractivity (Wildman–Crippen MR) is 167 cm³/mol. The molecular weight excluding hydrogens is 560 g/mol. The smallest absolute Gasteiger partial charge is 0.315 e. The highest BCUT2D eigenvalue weighted by Crippen LogP contribution is 2.46. The summed E-state index contributed by atoms with van der Waals surface area (Å²) in [6.07, 6.45) is 4.84. The van der Waals surface area contributed by atoms with Crippen LogP contribution < -0.4 is 9.47 Å². The van der Waals surface area contributed by atoms with Gasteiger partial charge in [-0.1, -0.05) is 80.5 Å². The molecule has 0 amide bonds. The van der Waals surface area contributed by atoms with E-state index in [0.29, 0.717) is 21.5 Å². The van der Waals surface area contributed by atoms with Crippen LogP contribution in [0.4, 0.5) is 0 Å². The van der Waals surface area contributed by atoms with Crippen molar-refractivity contribution in [3.63, 3.8) is 0 Å². The van der Waals surface area contributed by atoms with Gasteiger partial charge < -0.3 is 19.7 Å². The average molecular weight is 599 g/mol. The summed E-state index contributed by atoms with van der Waals surface area (Å²) in [5.41, 5.74) is 2.53. The topological polar surface area (TPSA) is 127 Å². The number of carbonyl (C=O) groups is 4. The van der Waals surface area contributed by atoms with Crippen molar-refractivity contribution in [2.24, 2.45) is 23.7 Å². The number of aliphatic carboxylic acids is 2. The van der Waals surface area contributed by atoms with E-state index in [4.69, 9.17) is 9.47 Å². The summed E-state index contributed by atoms with van der Waals surface area (Å²) in [6.45, 7) is 9.88. The lowest BCUT2D eigenvalue weighted by molar-refractivity contribution is -0.152. The molecule has 0 saturated heterocycles. The molecule has 0 bridgehead atoms. The molecule has 0 fully saturated rings. The maximum atomic E-state index is 13.7. The van der Waals surface area contributed by atoms with E-state index >= 15 is 0 Å². The van der Waals surface area contributed by atoms with Crippen LogP contribution in [-0.2, 0) is 24.6 Å². The molecule has 0 aliphatic heterocycles. The molecule has 0 heterocycles. The van der Waals surface area contributed by atoms with Gasteiger partial charge in [-0.2, -0.15) is 0 Å². The first kappa shape index (κ1) is 31.0. The van der Waals surface area contributed by atoms with Crippen LogP contribution in [0.1, 0.15) is 65.9 Å². The Labute approximate surface area is 256 Å². The Morgan fingerprint density at radius 3 is 1.52 bits per heavy atom. The lowest BCUT2D eigenvalue weighted by Gasteiger charge is -2.28. The second-order valence-electron chi connectivity index (χ2n) is 13.1. The highest BCUT2D eigenvalue weighted by Gasteiger charge is 2.39. The number of carbonyl (C=O) groups excluding carboxylic acids is 2. The Bertz CT molecular complexity index is 1740. The lowest BCUT2D eigenvalue weighted by atomic mass is 9.80. The summed E-state index contributed by atoms with van der Waals surface area (Å²) in [5, 5.41) is 21.8. The van der Waals surface area contributed by atoms with Gasteiger partial charge >= 0.3 is 23.9 Å². The van der Waals surface area contributed by atoms with Gasteiger partial charge in [0.25, 0.3) is 0 Å². The van der Waals surface area contributed by atoms with Crippen LogP contribution in [0.3, 0.4) is 0 Å². The Kier molecular flexibility index (Phi) is 8.38. The largest absolute Gasteiger partial charge is 0.481 e. The van der Waals surface area contributed by atoms with Crippen molar-refractivity contribution >= 4 is 45.4 Å². The third-order valence-corrected chi connectivity index (χ3v) is 8.93. The van der Waals surface area contributed by atoms with E-state index in [1.165, 1.54) is 0 Å². The van der Waals surface area contributed by atoms with Gasteiger partial charge in [0.1, 0.15) is 11.5 Å². The van der Waals surface area contributed by atoms with Crippen molar-refractivity contribution in [2.45, 2.75) is 65.7 Å². The first-order valence-electron chi connectivity index (χ1n) is 15.0. The zero-order valence-corrected chi connectivity index (χ0v) is 25.7. The Hall–Kier alpha value is -4.46. The van der Waals surface area contributed by atoms with Crippen LogP contribution in [0.2, 0.25) is 0 Å². The normalized spacial score (nSPS) is 22.2. The quantitative estimate of drug-likeness (QED) is 0.132. The van der Waals surface area contributed by atoms with Gasteiger partial charge in [-0.05, 0) is 56.6 Å². The Balaban J connectivity index is 1.65. The number of fused-ring (bicyclic) bond motifs is 2. The van der Waals surface area contributed by atoms with Crippen LogP contribution in [0.5, 0.6) is 11.5 Å². The van der Waals surface area contributed by atoms with Gasteiger partial charge in [-0.3, -0.25) is 19.2 Å². The van der Waals surface area contributed by atoms with Crippen LogP contribution in [-0.4, -0.2) is 34.1 Å². The van der Waals surface area contributed by atoms with Crippen molar-refractivity contribution < 1.29 is 38.9 Å². The molecule has 230 valence electrons. The van der Waals surface area contributed by atoms with Gasteiger partial charge in [0.2, 0.25) is 0 Å². The summed E-state index contributed by atoms with van der Waals surface area (Å²) in [6, 6.07) is 12.8. The molecule has 8 nitrogen and oxygen atoms in total. The highest BCUT2D eigenvalue weighted by atomic mass is 16.5. The zero-order chi connectivity index (χ0) is 31.9. The molecular formula is C36H38O8. The molecule has 4 atom stereocenters. The minimum Gasteiger partial charge on any atom is -0.481 e. The molecule has 0 aromatic heterocycles. The molecule has 44 heavy (non-hydrogen) atoms. The highest BCUT2D eigenvalue weighted by molar-refractivity contribution is 6.13. The van der Waals surface area contributed by atoms with E-state index in [1.807, 2.05) is 44.2 Å². The second-order valence-corrected chi connectivity index (χ2v) is 13.1. The first-order chi connectivity index (χ1) is 20.8. The second kappa shape index (κ2) is 11.9. The van der Waals surface area contributed by atoms with E-state index in [0.717, 1.165) is 16.7 Å². The number of hydrogen-bond donors (Lipinski definition) is 2. The van der Waals surface area contributed by atoms with Crippen LogP contribution in [0, 0.1) is 23.7 Å². The van der Waals surface area contributed by atoms with Gasteiger partial charge in [0, 0.05) is 21.5 Å². The van der Waals surface area contributed by atoms with E-state index in [1.54, 1.807) is 24.3 Å².